The van der Waals surface area contributed by atoms with Crippen LogP contribution in [-0.2, 0) is 4.74 Å². The van der Waals surface area contributed by atoms with E-state index < -0.39 is 0 Å². The molecule has 0 heterocycles. The van der Waals surface area contributed by atoms with Crippen LogP contribution in [0.4, 0.5) is 10.1 Å². The van der Waals surface area contributed by atoms with Crippen molar-refractivity contribution in [1.29, 1.82) is 0 Å². The molecule has 0 bridgehead atoms. The predicted molar refractivity (Wildman–Crippen MR) is 64.5 cm³/mol. The van der Waals surface area contributed by atoms with Gasteiger partial charge in [-0.3, -0.25) is 0 Å². The lowest BCUT2D eigenvalue weighted by molar-refractivity contribution is 0.0211. The van der Waals surface area contributed by atoms with E-state index in [0.29, 0.717) is 11.4 Å². The van der Waals surface area contributed by atoms with E-state index in [9.17, 15) is 4.39 Å². The van der Waals surface area contributed by atoms with Crippen LogP contribution in [0.3, 0.4) is 0 Å². The van der Waals surface area contributed by atoms with Gasteiger partial charge in [-0.1, -0.05) is 0 Å². The lowest BCUT2D eigenvalue weighted by atomic mass is 9.95. The number of methoxy groups -OCH3 is 1. The second kappa shape index (κ2) is 5.36. The fraction of sp³-hybridized carbons (Fsp3) is 0.538. The number of ether oxygens (including phenoxy) is 2. The molecule has 94 valence electrons. The molecule has 0 spiro atoms. The van der Waals surface area contributed by atoms with Crippen LogP contribution in [0, 0.1) is 5.82 Å². The molecular formula is C13H18FNO2. The van der Waals surface area contributed by atoms with Gasteiger partial charge in [-0.15, -0.1) is 0 Å². The molecule has 1 saturated carbocycles. The molecule has 2 rings (SSSR count). The Morgan fingerprint density at radius 2 is 2.06 bits per heavy atom. The first-order chi connectivity index (χ1) is 8.19. The molecule has 3 nitrogen and oxygen atoms in total. The number of anilines is 1. The maximum Gasteiger partial charge on any atom is 0.145 e. The molecule has 0 saturated heterocycles. The van der Waals surface area contributed by atoms with E-state index in [4.69, 9.17) is 15.2 Å². The average Bonchev–Trinajstić information content (AvgIpc) is 2.34. The van der Waals surface area contributed by atoms with Gasteiger partial charge in [0.1, 0.15) is 17.7 Å². The highest BCUT2D eigenvalue weighted by atomic mass is 19.1. The molecule has 2 N–H and O–H groups in total. The van der Waals surface area contributed by atoms with Crippen molar-refractivity contribution in [3.05, 3.63) is 24.0 Å². The Balaban J connectivity index is 2.02. The maximum atomic E-state index is 13.1. The molecule has 1 fully saturated rings. The zero-order chi connectivity index (χ0) is 12.3. The van der Waals surface area contributed by atoms with Crippen molar-refractivity contribution in [3.8, 4) is 5.75 Å². The van der Waals surface area contributed by atoms with E-state index >= 15 is 0 Å². The maximum absolute atomic E-state index is 13.1. The number of hydrogen-bond acceptors (Lipinski definition) is 3. The third-order valence-electron chi connectivity index (χ3n) is 3.18. The molecule has 1 aliphatic carbocycles. The highest BCUT2D eigenvalue weighted by Gasteiger charge is 2.23. The number of nitrogen functional groups attached to an aromatic ring is 1. The van der Waals surface area contributed by atoms with Gasteiger partial charge in [0, 0.05) is 19.6 Å². The molecule has 2 atom stereocenters. The Labute approximate surface area is 101 Å². The smallest absolute Gasteiger partial charge is 0.145 e. The van der Waals surface area contributed by atoms with Gasteiger partial charge in [0.2, 0.25) is 0 Å². The number of benzene rings is 1. The molecule has 1 aromatic carbocycles. The Morgan fingerprint density at radius 1 is 1.29 bits per heavy atom. The Hall–Kier alpha value is -1.29. The van der Waals surface area contributed by atoms with Crippen LogP contribution < -0.4 is 10.5 Å². The first kappa shape index (κ1) is 12.2. The molecular weight excluding hydrogens is 221 g/mol. The van der Waals surface area contributed by atoms with Gasteiger partial charge in [-0.25, -0.2) is 4.39 Å². The summed E-state index contributed by atoms with van der Waals surface area (Å²) in [5.74, 6) is 0.111. The second-order valence-electron chi connectivity index (χ2n) is 4.45. The quantitative estimate of drug-likeness (QED) is 0.825. The third-order valence-corrected chi connectivity index (χ3v) is 3.18. The lowest BCUT2D eigenvalue weighted by Crippen LogP contribution is -2.29. The van der Waals surface area contributed by atoms with E-state index in [-0.39, 0.29) is 18.0 Å². The molecule has 1 aromatic rings. The standard InChI is InChI=1S/C13H18FNO2/c1-16-10-3-2-4-11(8-10)17-13-7-9(14)5-6-12(13)15/h5-7,10-11H,2-4,8,15H2,1H3. The largest absolute Gasteiger partial charge is 0.488 e. The number of hydrogen-bond donors (Lipinski definition) is 1. The lowest BCUT2D eigenvalue weighted by Gasteiger charge is -2.29. The van der Waals surface area contributed by atoms with Crippen LogP contribution >= 0.6 is 0 Å². The minimum Gasteiger partial charge on any atom is -0.488 e. The fourth-order valence-electron chi connectivity index (χ4n) is 2.21. The molecule has 0 amide bonds. The van der Waals surface area contributed by atoms with E-state index in [1.807, 2.05) is 0 Å². The van der Waals surface area contributed by atoms with Crippen LogP contribution in [-0.4, -0.2) is 19.3 Å². The van der Waals surface area contributed by atoms with Crippen molar-refractivity contribution >= 4 is 5.69 Å². The van der Waals surface area contributed by atoms with Crippen molar-refractivity contribution in [1.82, 2.24) is 0 Å². The van der Waals surface area contributed by atoms with E-state index in [2.05, 4.69) is 0 Å². The van der Waals surface area contributed by atoms with Crippen LogP contribution in [0.25, 0.3) is 0 Å². The predicted octanol–water partition coefficient (Wildman–Crippen LogP) is 2.74. The number of halogens is 1. The minimum atomic E-state index is -0.326. The van der Waals surface area contributed by atoms with Crippen LogP contribution in [0.2, 0.25) is 0 Å². The molecule has 17 heavy (non-hydrogen) atoms. The summed E-state index contributed by atoms with van der Waals surface area (Å²) in [6.07, 6.45) is 4.25. The molecule has 0 aliphatic heterocycles. The zero-order valence-corrected chi connectivity index (χ0v) is 9.99. The molecule has 4 heteroatoms. The Kier molecular flexibility index (Phi) is 3.84. The number of rotatable bonds is 3. The van der Waals surface area contributed by atoms with Gasteiger partial charge < -0.3 is 15.2 Å². The SMILES string of the molecule is COC1CCCC(Oc2cc(F)ccc2N)C1. The highest BCUT2D eigenvalue weighted by molar-refractivity contribution is 5.52. The van der Waals surface area contributed by atoms with E-state index in [0.717, 1.165) is 25.7 Å². The summed E-state index contributed by atoms with van der Waals surface area (Å²) >= 11 is 0. The minimum absolute atomic E-state index is 0.0674. The van der Waals surface area contributed by atoms with Gasteiger partial charge in [0.15, 0.2) is 0 Å². The second-order valence-corrected chi connectivity index (χ2v) is 4.45. The topological polar surface area (TPSA) is 44.5 Å². The van der Waals surface area contributed by atoms with Crippen molar-refractivity contribution < 1.29 is 13.9 Å². The monoisotopic (exact) mass is 239 g/mol. The van der Waals surface area contributed by atoms with E-state index in [1.165, 1.54) is 18.2 Å². The van der Waals surface area contributed by atoms with Gasteiger partial charge in [-0.2, -0.15) is 0 Å². The molecule has 0 aromatic heterocycles. The van der Waals surface area contributed by atoms with Gasteiger partial charge in [0.05, 0.1) is 11.8 Å². The van der Waals surface area contributed by atoms with Crippen LogP contribution in [0.15, 0.2) is 18.2 Å². The third kappa shape index (κ3) is 3.09. The first-order valence-electron chi connectivity index (χ1n) is 5.93. The summed E-state index contributed by atoms with van der Waals surface area (Å²) in [5.41, 5.74) is 6.23. The summed E-state index contributed by atoms with van der Waals surface area (Å²) in [7, 11) is 1.71. The first-order valence-corrected chi connectivity index (χ1v) is 5.93. The van der Waals surface area contributed by atoms with E-state index in [1.54, 1.807) is 7.11 Å². The Bertz CT molecular complexity index is 384. The summed E-state index contributed by atoms with van der Waals surface area (Å²) < 4.78 is 24.2. The van der Waals surface area contributed by atoms with Crippen LogP contribution in [0.5, 0.6) is 5.75 Å². The van der Waals surface area contributed by atoms with Gasteiger partial charge >= 0.3 is 0 Å². The van der Waals surface area contributed by atoms with Crippen molar-refractivity contribution in [2.24, 2.45) is 0 Å². The van der Waals surface area contributed by atoms with Crippen molar-refractivity contribution in [2.75, 3.05) is 12.8 Å². The summed E-state index contributed by atoms with van der Waals surface area (Å²) in [6, 6.07) is 4.20. The summed E-state index contributed by atoms with van der Waals surface area (Å²) in [4.78, 5) is 0. The molecule has 2 unspecified atom stereocenters. The van der Waals surface area contributed by atoms with Crippen molar-refractivity contribution in [3.63, 3.8) is 0 Å². The van der Waals surface area contributed by atoms with Gasteiger partial charge in [0.25, 0.3) is 0 Å². The summed E-state index contributed by atoms with van der Waals surface area (Å²) in [6.45, 7) is 0. The number of nitrogens with two attached hydrogens (primary N) is 1. The normalized spacial score (nSPS) is 24.6. The molecule has 1 aliphatic rings. The van der Waals surface area contributed by atoms with Crippen LogP contribution in [0.1, 0.15) is 25.7 Å². The average molecular weight is 239 g/mol. The van der Waals surface area contributed by atoms with Gasteiger partial charge in [-0.05, 0) is 31.4 Å². The van der Waals surface area contributed by atoms with Crippen molar-refractivity contribution in [2.45, 2.75) is 37.9 Å². The highest BCUT2D eigenvalue weighted by Crippen LogP contribution is 2.29. The molecule has 0 radical (unpaired) electrons. The Morgan fingerprint density at radius 3 is 2.82 bits per heavy atom. The fourth-order valence-corrected chi connectivity index (χ4v) is 2.21. The summed E-state index contributed by atoms with van der Waals surface area (Å²) in [5, 5.41) is 0. The zero-order valence-electron chi connectivity index (χ0n) is 9.99.